The van der Waals surface area contributed by atoms with Crippen LogP contribution < -0.4 is 4.90 Å². The van der Waals surface area contributed by atoms with Crippen LogP contribution in [0.2, 0.25) is 0 Å². The van der Waals surface area contributed by atoms with Crippen molar-refractivity contribution in [3.8, 4) is 6.07 Å². The fourth-order valence-electron chi connectivity index (χ4n) is 4.24. The summed E-state index contributed by atoms with van der Waals surface area (Å²) in [6.07, 6.45) is 1.67. The predicted octanol–water partition coefficient (Wildman–Crippen LogP) is 2.69. The first-order valence-electron chi connectivity index (χ1n) is 8.12. The molecule has 3 heterocycles. The summed E-state index contributed by atoms with van der Waals surface area (Å²) < 4.78 is 0. The van der Waals surface area contributed by atoms with E-state index in [1.165, 1.54) is 5.56 Å². The molecule has 0 saturated carbocycles. The number of likely N-dealkylation sites (tertiary alicyclic amines) is 1. The smallest absolute Gasteiger partial charge is 0.128 e. The van der Waals surface area contributed by atoms with Crippen molar-refractivity contribution in [2.75, 3.05) is 31.6 Å². The molecule has 0 bridgehead atoms. The van der Waals surface area contributed by atoms with Crippen molar-refractivity contribution in [3.05, 3.63) is 59.8 Å². The Morgan fingerprint density at radius 3 is 2.61 bits per heavy atom. The first-order valence-corrected chi connectivity index (χ1v) is 8.12. The van der Waals surface area contributed by atoms with E-state index in [1.54, 1.807) is 6.20 Å². The molecule has 0 spiro atoms. The minimum Gasteiger partial charge on any atom is -0.356 e. The van der Waals surface area contributed by atoms with Gasteiger partial charge in [0.2, 0.25) is 0 Å². The van der Waals surface area contributed by atoms with E-state index in [4.69, 9.17) is 5.26 Å². The molecule has 2 aliphatic rings. The standard InChI is InChI=1S/C19H20N4/c1-22-11-16-12-23(18-8-7-14(9-20)10-21-18)13-17(16)19(22)15-5-3-2-4-6-15/h2-8,10,16-17,19H,11-13H2,1H3/t16-,17+,19-/m0/s1. The third-order valence-corrected chi connectivity index (χ3v) is 5.24. The van der Waals surface area contributed by atoms with Crippen LogP contribution in [0.3, 0.4) is 0 Å². The monoisotopic (exact) mass is 304 g/mol. The Balaban J connectivity index is 1.56. The summed E-state index contributed by atoms with van der Waals surface area (Å²) in [6.45, 7) is 3.22. The normalized spacial score (nSPS) is 27.0. The zero-order chi connectivity index (χ0) is 15.8. The fraction of sp³-hybridized carbons (Fsp3) is 0.368. The molecule has 2 fully saturated rings. The van der Waals surface area contributed by atoms with Crippen molar-refractivity contribution in [1.29, 1.82) is 5.26 Å². The van der Waals surface area contributed by atoms with Crippen LogP contribution in [0.15, 0.2) is 48.7 Å². The summed E-state index contributed by atoms with van der Waals surface area (Å²) in [5, 5.41) is 8.91. The SMILES string of the molecule is CN1C[C@H]2CN(c3ccc(C#N)cn3)C[C@H]2[C@@H]1c1ccccc1. The molecule has 4 heteroatoms. The van der Waals surface area contributed by atoms with Gasteiger partial charge in [-0.1, -0.05) is 30.3 Å². The highest BCUT2D eigenvalue weighted by Gasteiger charge is 2.46. The van der Waals surface area contributed by atoms with Crippen LogP contribution in [0, 0.1) is 23.2 Å². The number of hydrogen-bond donors (Lipinski definition) is 0. The Bertz CT molecular complexity index is 719. The van der Waals surface area contributed by atoms with Gasteiger partial charge in [-0.3, -0.25) is 4.90 Å². The second kappa shape index (κ2) is 5.68. The average Bonchev–Trinajstić information content (AvgIpc) is 3.12. The highest BCUT2D eigenvalue weighted by molar-refractivity contribution is 5.44. The summed E-state index contributed by atoms with van der Waals surface area (Å²) >= 11 is 0. The molecule has 1 aromatic heterocycles. The molecule has 1 aromatic carbocycles. The molecular weight excluding hydrogens is 284 g/mol. The van der Waals surface area contributed by atoms with Crippen molar-refractivity contribution in [3.63, 3.8) is 0 Å². The van der Waals surface area contributed by atoms with Gasteiger partial charge < -0.3 is 4.90 Å². The molecule has 4 rings (SSSR count). The fourth-order valence-corrected chi connectivity index (χ4v) is 4.24. The van der Waals surface area contributed by atoms with Crippen LogP contribution in [0.5, 0.6) is 0 Å². The third-order valence-electron chi connectivity index (χ3n) is 5.24. The van der Waals surface area contributed by atoms with Gasteiger partial charge in [0.05, 0.1) is 5.56 Å². The topological polar surface area (TPSA) is 43.2 Å². The van der Waals surface area contributed by atoms with Gasteiger partial charge in [0, 0.05) is 37.8 Å². The lowest BCUT2D eigenvalue weighted by Gasteiger charge is -2.27. The molecule has 23 heavy (non-hydrogen) atoms. The maximum Gasteiger partial charge on any atom is 0.128 e. The molecule has 0 N–H and O–H groups in total. The number of aromatic nitrogens is 1. The minimum atomic E-state index is 0.490. The van der Waals surface area contributed by atoms with Crippen LogP contribution in [0.25, 0.3) is 0 Å². The maximum atomic E-state index is 8.91. The van der Waals surface area contributed by atoms with Crippen LogP contribution in [-0.4, -0.2) is 36.6 Å². The summed E-state index contributed by atoms with van der Waals surface area (Å²) in [5.41, 5.74) is 2.03. The molecule has 3 atom stereocenters. The van der Waals surface area contributed by atoms with Gasteiger partial charge in [-0.2, -0.15) is 5.26 Å². The minimum absolute atomic E-state index is 0.490. The summed E-state index contributed by atoms with van der Waals surface area (Å²) in [7, 11) is 2.24. The molecule has 2 aromatic rings. The van der Waals surface area contributed by atoms with E-state index in [0.717, 1.165) is 25.5 Å². The highest BCUT2D eigenvalue weighted by Crippen LogP contribution is 2.44. The van der Waals surface area contributed by atoms with Crippen molar-refractivity contribution in [2.45, 2.75) is 6.04 Å². The number of benzene rings is 1. The Morgan fingerprint density at radius 1 is 1.09 bits per heavy atom. The number of pyridine rings is 1. The largest absolute Gasteiger partial charge is 0.356 e. The number of nitriles is 1. The summed E-state index contributed by atoms with van der Waals surface area (Å²) in [4.78, 5) is 9.33. The van der Waals surface area contributed by atoms with Gasteiger partial charge in [-0.15, -0.1) is 0 Å². The molecular formula is C19H20N4. The Labute approximate surface area is 137 Å². The van der Waals surface area contributed by atoms with Crippen LogP contribution >= 0.6 is 0 Å². The van der Waals surface area contributed by atoms with Crippen LogP contribution in [-0.2, 0) is 0 Å². The summed E-state index contributed by atoms with van der Waals surface area (Å²) in [5.74, 6) is 2.32. The first kappa shape index (κ1) is 14.2. The number of hydrogen-bond acceptors (Lipinski definition) is 4. The van der Waals surface area contributed by atoms with Crippen molar-refractivity contribution in [1.82, 2.24) is 9.88 Å². The Kier molecular flexibility index (Phi) is 3.51. The number of rotatable bonds is 2. The van der Waals surface area contributed by atoms with E-state index in [9.17, 15) is 0 Å². The van der Waals surface area contributed by atoms with E-state index < -0.39 is 0 Å². The van der Waals surface area contributed by atoms with Crippen molar-refractivity contribution < 1.29 is 0 Å². The average molecular weight is 304 g/mol. The highest BCUT2D eigenvalue weighted by atomic mass is 15.3. The second-order valence-electron chi connectivity index (χ2n) is 6.64. The van der Waals surface area contributed by atoms with E-state index in [0.29, 0.717) is 23.4 Å². The molecule has 0 radical (unpaired) electrons. The molecule has 0 aliphatic carbocycles. The van der Waals surface area contributed by atoms with Gasteiger partial charge in [0.15, 0.2) is 0 Å². The molecule has 0 unspecified atom stereocenters. The number of anilines is 1. The van der Waals surface area contributed by atoms with Gasteiger partial charge in [-0.05, 0) is 30.7 Å². The van der Waals surface area contributed by atoms with E-state index in [-0.39, 0.29) is 0 Å². The quantitative estimate of drug-likeness (QED) is 0.855. The second-order valence-corrected chi connectivity index (χ2v) is 6.64. The lowest BCUT2D eigenvalue weighted by atomic mass is 9.90. The Morgan fingerprint density at radius 2 is 1.91 bits per heavy atom. The van der Waals surface area contributed by atoms with Gasteiger partial charge >= 0.3 is 0 Å². The van der Waals surface area contributed by atoms with E-state index >= 15 is 0 Å². The van der Waals surface area contributed by atoms with Crippen molar-refractivity contribution >= 4 is 5.82 Å². The molecule has 2 saturated heterocycles. The van der Waals surface area contributed by atoms with Gasteiger partial charge in [0.25, 0.3) is 0 Å². The lowest BCUT2D eigenvalue weighted by molar-refractivity contribution is 0.280. The molecule has 2 aliphatic heterocycles. The van der Waals surface area contributed by atoms with Crippen molar-refractivity contribution in [2.24, 2.45) is 11.8 Å². The molecule has 4 nitrogen and oxygen atoms in total. The van der Waals surface area contributed by atoms with Crippen LogP contribution in [0.4, 0.5) is 5.82 Å². The van der Waals surface area contributed by atoms with E-state index in [2.05, 4.69) is 58.2 Å². The zero-order valence-corrected chi connectivity index (χ0v) is 13.3. The first-order chi connectivity index (χ1) is 11.3. The zero-order valence-electron chi connectivity index (χ0n) is 13.3. The maximum absolute atomic E-state index is 8.91. The van der Waals surface area contributed by atoms with Crippen LogP contribution in [0.1, 0.15) is 17.2 Å². The Hall–Kier alpha value is -2.38. The molecule has 0 amide bonds. The van der Waals surface area contributed by atoms with Gasteiger partial charge in [-0.25, -0.2) is 4.98 Å². The number of nitrogens with zero attached hydrogens (tertiary/aromatic N) is 4. The third kappa shape index (κ3) is 2.47. The number of fused-ring (bicyclic) bond motifs is 1. The lowest BCUT2D eigenvalue weighted by Crippen LogP contribution is -2.29. The summed E-state index contributed by atoms with van der Waals surface area (Å²) in [6, 6.07) is 17.3. The van der Waals surface area contributed by atoms with E-state index in [1.807, 2.05) is 12.1 Å². The predicted molar refractivity (Wildman–Crippen MR) is 90.0 cm³/mol. The van der Waals surface area contributed by atoms with Gasteiger partial charge in [0.1, 0.15) is 11.9 Å². The molecule has 116 valence electrons.